The zero-order chi connectivity index (χ0) is 13.2. The standard InChI is InChI=1S/C14H9ClN4/c15-12-5-13-14(17-7-12)19(9-18-13)8-11-3-1-10(6-16)2-4-11/h1-5,7,9H,8H2. The van der Waals surface area contributed by atoms with E-state index in [1.807, 2.05) is 16.7 Å². The first-order chi connectivity index (χ1) is 9.26. The summed E-state index contributed by atoms with van der Waals surface area (Å²) in [5.41, 5.74) is 3.33. The van der Waals surface area contributed by atoms with Crippen molar-refractivity contribution >= 4 is 22.8 Å². The molecular formula is C14H9ClN4. The smallest absolute Gasteiger partial charge is 0.160 e. The van der Waals surface area contributed by atoms with Crippen LogP contribution in [0.1, 0.15) is 11.1 Å². The zero-order valence-corrected chi connectivity index (χ0v) is 10.7. The highest BCUT2D eigenvalue weighted by atomic mass is 35.5. The van der Waals surface area contributed by atoms with Crippen molar-refractivity contribution in [3.63, 3.8) is 0 Å². The number of benzene rings is 1. The third kappa shape index (κ3) is 2.28. The average molecular weight is 269 g/mol. The molecule has 92 valence electrons. The van der Waals surface area contributed by atoms with Crippen molar-refractivity contribution in [3.05, 3.63) is 59.0 Å². The summed E-state index contributed by atoms with van der Waals surface area (Å²) in [5.74, 6) is 0. The molecule has 5 heteroatoms. The van der Waals surface area contributed by atoms with Crippen molar-refractivity contribution in [2.24, 2.45) is 0 Å². The van der Waals surface area contributed by atoms with E-state index in [2.05, 4.69) is 16.0 Å². The Morgan fingerprint density at radius 2 is 2.00 bits per heavy atom. The van der Waals surface area contributed by atoms with Gasteiger partial charge in [0.05, 0.1) is 29.5 Å². The first kappa shape index (κ1) is 11.7. The van der Waals surface area contributed by atoms with Crippen LogP contribution in [0.4, 0.5) is 0 Å². The van der Waals surface area contributed by atoms with E-state index in [9.17, 15) is 0 Å². The lowest BCUT2D eigenvalue weighted by atomic mass is 10.1. The number of nitrogens with zero attached hydrogens (tertiary/aromatic N) is 4. The second kappa shape index (κ2) is 4.71. The lowest BCUT2D eigenvalue weighted by molar-refractivity contribution is 0.814. The minimum Gasteiger partial charge on any atom is -0.311 e. The molecule has 0 saturated carbocycles. The van der Waals surface area contributed by atoms with Crippen molar-refractivity contribution in [1.29, 1.82) is 5.26 Å². The van der Waals surface area contributed by atoms with Gasteiger partial charge in [-0.05, 0) is 23.8 Å². The van der Waals surface area contributed by atoms with Crippen molar-refractivity contribution in [2.45, 2.75) is 6.54 Å². The fourth-order valence-corrected chi connectivity index (χ4v) is 2.07. The van der Waals surface area contributed by atoms with Crippen LogP contribution in [0, 0.1) is 11.3 Å². The van der Waals surface area contributed by atoms with Crippen LogP contribution in [-0.2, 0) is 6.54 Å². The predicted molar refractivity (Wildman–Crippen MR) is 72.8 cm³/mol. The van der Waals surface area contributed by atoms with Gasteiger partial charge in [0.1, 0.15) is 5.52 Å². The summed E-state index contributed by atoms with van der Waals surface area (Å²) in [6.45, 7) is 0.664. The van der Waals surface area contributed by atoms with Crippen LogP contribution >= 0.6 is 11.6 Å². The lowest BCUT2D eigenvalue weighted by Crippen LogP contribution is -1.99. The Hall–Kier alpha value is -2.38. The summed E-state index contributed by atoms with van der Waals surface area (Å²) in [7, 11) is 0. The van der Waals surface area contributed by atoms with E-state index in [4.69, 9.17) is 16.9 Å². The van der Waals surface area contributed by atoms with Crippen LogP contribution in [0.2, 0.25) is 5.02 Å². The molecule has 0 unspecified atom stereocenters. The van der Waals surface area contributed by atoms with E-state index in [0.29, 0.717) is 17.1 Å². The number of imidazole rings is 1. The number of rotatable bonds is 2. The van der Waals surface area contributed by atoms with Crippen LogP contribution in [0.15, 0.2) is 42.9 Å². The number of fused-ring (bicyclic) bond motifs is 1. The molecule has 2 heterocycles. The molecule has 0 spiro atoms. The molecule has 19 heavy (non-hydrogen) atoms. The molecule has 0 fully saturated rings. The summed E-state index contributed by atoms with van der Waals surface area (Å²) >= 11 is 5.88. The third-order valence-electron chi connectivity index (χ3n) is 2.86. The number of hydrogen-bond acceptors (Lipinski definition) is 3. The van der Waals surface area contributed by atoms with Crippen molar-refractivity contribution in [3.8, 4) is 6.07 Å². The molecule has 0 aliphatic heterocycles. The molecule has 0 aliphatic carbocycles. The number of aromatic nitrogens is 3. The maximum Gasteiger partial charge on any atom is 0.160 e. The Balaban J connectivity index is 1.94. The maximum absolute atomic E-state index is 8.76. The second-order valence-electron chi connectivity index (χ2n) is 4.18. The van der Waals surface area contributed by atoms with Crippen LogP contribution < -0.4 is 0 Å². The van der Waals surface area contributed by atoms with E-state index in [1.165, 1.54) is 0 Å². The van der Waals surface area contributed by atoms with Gasteiger partial charge in [0.25, 0.3) is 0 Å². The van der Waals surface area contributed by atoms with Gasteiger partial charge in [-0.1, -0.05) is 23.7 Å². The topological polar surface area (TPSA) is 54.5 Å². The van der Waals surface area contributed by atoms with Gasteiger partial charge in [-0.2, -0.15) is 5.26 Å². The van der Waals surface area contributed by atoms with Crippen LogP contribution in [0.5, 0.6) is 0 Å². The first-order valence-electron chi connectivity index (χ1n) is 5.72. The lowest BCUT2D eigenvalue weighted by Gasteiger charge is -2.04. The minimum atomic E-state index is 0.580. The molecular weight excluding hydrogens is 260 g/mol. The highest BCUT2D eigenvalue weighted by Gasteiger charge is 2.05. The number of pyridine rings is 1. The molecule has 2 aromatic heterocycles. The molecule has 4 nitrogen and oxygen atoms in total. The maximum atomic E-state index is 8.76. The summed E-state index contributed by atoms with van der Waals surface area (Å²) in [6.07, 6.45) is 3.35. The van der Waals surface area contributed by atoms with Crippen molar-refractivity contribution < 1.29 is 0 Å². The third-order valence-corrected chi connectivity index (χ3v) is 3.06. The van der Waals surface area contributed by atoms with Gasteiger partial charge >= 0.3 is 0 Å². The molecule has 0 aliphatic rings. The Kier molecular flexibility index (Phi) is 2.90. The second-order valence-corrected chi connectivity index (χ2v) is 4.61. The number of halogens is 1. The van der Waals surface area contributed by atoms with E-state index in [-0.39, 0.29) is 0 Å². The Morgan fingerprint density at radius 1 is 1.21 bits per heavy atom. The van der Waals surface area contributed by atoms with Gasteiger partial charge in [0, 0.05) is 6.20 Å². The van der Waals surface area contributed by atoms with E-state index in [0.717, 1.165) is 16.7 Å². The SMILES string of the molecule is N#Cc1ccc(Cn2cnc3cc(Cl)cnc32)cc1. The van der Waals surface area contributed by atoms with Crippen LogP contribution in [-0.4, -0.2) is 14.5 Å². The highest BCUT2D eigenvalue weighted by Crippen LogP contribution is 2.16. The quantitative estimate of drug-likeness (QED) is 0.718. The summed E-state index contributed by atoms with van der Waals surface area (Å²) in [4.78, 5) is 8.56. The van der Waals surface area contributed by atoms with Gasteiger partial charge in [-0.15, -0.1) is 0 Å². The first-order valence-corrected chi connectivity index (χ1v) is 6.09. The molecule has 3 rings (SSSR count). The summed E-state index contributed by atoms with van der Waals surface area (Å²) < 4.78 is 1.95. The Morgan fingerprint density at radius 3 is 2.74 bits per heavy atom. The summed E-state index contributed by atoms with van der Waals surface area (Å²) in [5, 5.41) is 9.34. The fraction of sp³-hybridized carbons (Fsp3) is 0.0714. The number of hydrogen-bond donors (Lipinski definition) is 0. The normalized spacial score (nSPS) is 10.5. The predicted octanol–water partition coefficient (Wildman–Crippen LogP) is 3.00. The van der Waals surface area contributed by atoms with E-state index in [1.54, 1.807) is 30.7 Å². The zero-order valence-electron chi connectivity index (χ0n) is 9.92. The minimum absolute atomic E-state index is 0.580. The molecule has 0 radical (unpaired) electrons. The monoisotopic (exact) mass is 268 g/mol. The van der Waals surface area contributed by atoms with E-state index >= 15 is 0 Å². The van der Waals surface area contributed by atoms with Gasteiger partial charge in [0.15, 0.2) is 5.65 Å². The molecule has 3 aromatic rings. The molecule has 0 bridgehead atoms. The van der Waals surface area contributed by atoms with Gasteiger partial charge < -0.3 is 4.57 Å². The van der Waals surface area contributed by atoms with Crippen molar-refractivity contribution in [2.75, 3.05) is 0 Å². The Labute approximate surface area is 114 Å². The van der Waals surface area contributed by atoms with Crippen LogP contribution in [0.25, 0.3) is 11.2 Å². The molecule has 0 atom stereocenters. The van der Waals surface area contributed by atoms with E-state index < -0.39 is 0 Å². The summed E-state index contributed by atoms with van der Waals surface area (Å²) in [6, 6.07) is 11.4. The van der Waals surface area contributed by atoms with Crippen molar-refractivity contribution in [1.82, 2.24) is 14.5 Å². The highest BCUT2D eigenvalue weighted by molar-refractivity contribution is 6.31. The molecule has 1 aromatic carbocycles. The molecule has 0 saturated heterocycles. The van der Waals surface area contributed by atoms with Gasteiger partial charge in [0.2, 0.25) is 0 Å². The average Bonchev–Trinajstić information content (AvgIpc) is 2.82. The number of nitriles is 1. The molecule has 0 amide bonds. The fourth-order valence-electron chi connectivity index (χ4n) is 1.92. The van der Waals surface area contributed by atoms with Gasteiger partial charge in [-0.25, -0.2) is 9.97 Å². The largest absolute Gasteiger partial charge is 0.311 e. The van der Waals surface area contributed by atoms with Gasteiger partial charge in [-0.3, -0.25) is 0 Å². The van der Waals surface area contributed by atoms with Crippen LogP contribution in [0.3, 0.4) is 0 Å². The Bertz CT molecular complexity index is 768. The molecule has 0 N–H and O–H groups in total.